The maximum atomic E-state index is 3.93. The van der Waals surface area contributed by atoms with Gasteiger partial charge in [0.05, 0.1) is 0 Å². The van der Waals surface area contributed by atoms with Crippen LogP contribution in [0.4, 0.5) is 0 Å². The minimum atomic E-state index is 0.636. The molecule has 4 saturated carbocycles. The second kappa shape index (κ2) is 5.43. The fraction of sp³-hybridized carbons (Fsp3) is 0.700. The molecule has 1 N–H and O–H groups in total. The molecule has 1 heteroatoms. The molecule has 4 bridgehead atoms. The van der Waals surface area contributed by atoms with Crippen LogP contribution < -0.4 is 5.32 Å². The van der Waals surface area contributed by atoms with Gasteiger partial charge in [0.2, 0.25) is 0 Å². The van der Waals surface area contributed by atoms with Gasteiger partial charge >= 0.3 is 0 Å². The molecule has 21 heavy (non-hydrogen) atoms. The van der Waals surface area contributed by atoms with Crippen molar-refractivity contribution in [3.63, 3.8) is 0 Å². The normalized spacial score (nSPS) is 37.4. The Balaban J connectivity index is 1.38. The molecule has 4 aliphatic rings. The summed E-state index contributed by atoms with van der Waals surface area (Å²) in [5.74, 6) is 4.76. The summed E-state index contributed by atoms with van der Waals surface area (Å²) in [5.41, 5.74) is 2.90. The van der Waals surface area contributed by atoms with Crippen LogP contribution in [0.2, 0.25) is 0 Å². The first-order valence-electron chi connectivity index (χ1n) is 9.01. The lowest BCUT2D eigenvalue weighted by Crippen LogP contribution is -2.54. The van der Waals surface area contributed by atoms with Gasteiger partial charge in [0.1, 0.15) is 0 Å². The van der Waals surface area contributed by atoms with Crippen molar-refractivity contribution in [2.75, 3.05) is 0 Å². The van der Waals surface area contributed by atoms with E-state index in [-0.39, 0.29) is 0 Å². The van der Waals surface area contributed by atoms with Gasteiger partial charge < -0.3 is 5.32 Å². The molecule has 1 nitrogen and oxygen atoms in total. The lowest BCUT2D eigenvalue weighted by molar-refractivity contribution is -0.0142. The fourth-order valence-corrected chi connectivity index (χ4v) is 5.51. The van der Waals surface area contributed by atoms with Crippen LogP contribution in [-0.4, -0.2) is 6.04 Å². The predicted octanol–water partition coefficient (Wildman–Crippen LogP) is 4.72. The highest BCUT2D eigenvalue weighted by Gasteiger charge is 2.47. The van der Waals surface area contributed by atoms with Gasteiger partial charge in [-0.2, -0.15) is 0 Å². The van der Waals surface area contributed by atoms with Crippen molar-refractivity contribution in [3.05, 3.63) is 35.4 Å². The summed E-state index contributed by atoms with van der Waals surface area (Å²) in [5, 5.41) is 3.93. The van der Waals surface area contributed by atoms with Crippen molar-refractivity contribution in [1.82, 2.24) is 5.32 Å². The molecule has 0 unspecified atom stereocenters. The molecule has 0 atom stereocenters. The maximum absolute atomic E-state index is 3.93. The Morgan fingerprint density at radius 3 is 2.00 bits per heavy atom. The number of rotatable bonds is 4. The number of nitrogens with one attached hydrogen (secondary N) is 1. The standard InChI is InChI=1S/C20H29N/c1-13(2)17-5-3-14(4-6-17)12-21-20-18-8-15-7-16(10-18)11-19(20)9-15/h3-6,13,15-16,18-21H,7-12H2,1-2H3. The zero-order chi connectivity index (χ0) is 14.4. The van der Waals surface area contributed by atoms with E-state index in [0.717, 1.165) is 36.3 Å². The summed E-state index contributed by atoms with van der Waals surface area (Å²) in [6.45, 7) is 5.59. The first-order chi connectivity index (χ1) is 10.2. The lowest BCUT2D eigenvalue weighted by Gasteiger charge is -2.54. The van der Waals surface area contributed by atoms with E-state index < -0.39 is 0 Å². The van der Waals surface area contributed by atoms with Crippen LogP contribution in [-0.2, 0) is 6.54 Å². The summed E-state index contributed by atoms with van der Waals surface area (Å²) < 4.78 is 0. The zero-order valence-electron chi connectivity index (χ0n) is 13.5. The molecule has 1 aromatic rings. The Labute approximate surface area is 129 Å². The van der Waals surface area contributed by atoms with Crippen LogP contribution in [0, 0.1) is 23.7 Å². The maximum Gasteiger partial charge on any atom is 0.0208 e. The average Bonchev–Trinajstić information content (AvgIpc) is 2.46. The molecule has 0 aliphatic heterocycles. The molecule has 0 aromatic heterocycles. The Kier molecular flexibility index (Phi) is 3.57. The summed E-state index contributed by atoms with van der Waals surface area (Å²) in [6, 6.07) is 10.1. The van der Waals surface area contributed by atoms with E-state index >= 15 is 0 Å². The Morgan fingerprint density at radius 2 is 1.48 bits per heavy atom. The molecular formula is C20H29N. The van der Waals surface area contributed by atoms with Crippen LogP contribution in [0.1, 0.15) is 63.0 Å². The van der Waals surface area contributed by atoms with Gasteiger partial charge in [-0.1, -0.05) is 38.1 Å². The molecule has 0 saturated heterocycles. The SMILES string of the molecule is CC(C)c1ccc(CNC2C3CC4CC(C3)CC2C4)cc1. The van der Waals surface area contributed by atoms with E-state index in [9.17, 15) is 0 Å². The molecule has 114 valence electrons. The van der Waals surface area contributed by atoms with E-state index in [1.54, 1.807) is 6.42 Å². The van der Waals surface area contributed by atoms with E-state index in [0.29, 0.717) is 5.92 Å². The van der Waals surface area contributed by atoms with Gasteiger partial charge in [0, 0.05) is 12.6 Å². The van der Waals surface area contributed by atoms with Gasteiger partial charge in [-0.25, -0.2) is 0 Å². The third-order valence-electron chi connectivity index (χ3n) is 6.42. The third kappa shape index (κ3) is 2.65. The molecule has 4 aliphatic carbocycles. The number of benzene rings is 1. The highest BCUT2D eigenvalue weighted by Crippen LogP contribution is 2.53. The zero-order valence-corrected chi connectivity index (χ0v) is 13.5. The van der Waals surface area contributed by atoms with E-state index in [1.165, 1.54) is 36.8 Å². The molecule has 0 radical (unpaired) electrons. The van der Waals surface area contributed by atoms with Gasteiger partial charge in [-0.3, -0.25) is 0 Å². The summed E-state index contributed by atoms with van der Waals surface area (Å²) >= 11 is 0. The second-order valence-electron chi connectivity index (χ2n) is 8.23. The van der Waals surface area contributed by atoms with Gasteiger partial charge in [0.15, 0.2) is 0 Å². The summed E-state index contributed by atoms with van der Waals surface area (Å²) in [6.07, 6.45) is 7.60. The summed E-state index contributed by atoms with van der Waals surface area (Å²) in [7, 11) is 0. The molecule has 0 heterocycles. The van der Waals surface area contributed by atoms with E-state index in [1.807, 2.05) is 0 Å². The number of hydrogen-bond donors (Lipinski definition) is 1. The van der Waals surface area contributed by atoms with E-state index in [4.69, 9.17) is 0 Å². The minimum Gasteiger partial charge on any atom is -0.309 e. The third-order valence-corrected chi connectivity index (χ3v) is 6.42. The molecule has 4 fully saturated rings. The Hall–Kier alpha value is -0.820. The highest BCUT2D eigenvalue weighted by molar-refractivity contribution is 5.24. The van der Waals surface area contributed by atoms with Crippen LogP contribution in [0.15, 0.2) is 24.3 Å². The quantitative estimate of drug-likeness (QED) is 0.842. The van der Waals surface area contributed by atoms with Gasteiger partial charge in [-0.15, -0.1) is 0 Å². The first kappa shape index (κ1) is 13.8. The lowest BCUT2D eigenvalue weighted by atomic mass is 9.54. The minimum absolute atomic E-state index is 0.636. The molecule has 1 aromatic carbocycles. The van der Waals surface area contributed by atoms with Crippen molar-refractivity contribution in [1.29, 1.82) is 0 Å². The van der Waals surface area contributed by atoms with Crippen molar-refractivity contribution in [2.45, 2.75) is 64.5 Å². The molecule has 0 spiro atoms. The van der Waals surface area contributed by atoms with E-state index in [2.05, 4.69) is 43.4 Å². The molecule has 0 amide bonds. The molecular weight excluding hydrogens is 254 g/mol. The smallest absolute Gasteiger partial charge is 0.0208 e. The topological polar surface area (TPSA) is 12.0 Å². The van der Waals surface area contributed by atoms with Gasteiger partial charge in [0.25, 0.3) is 0 Å². The fourth-order valence-electron chi connectivity index (χ4n) is 5.51. The number of hydrogen-bond acceptors (Lipinski definition) is 1. The van der Waals surface area contributed by atoms with Crippen LogP contribution in [0.25, 0.3) is 0 Å². The summed E-state index contributed by atoms with van der Waals surface area (Å²) in [4.78, 5) is 0. The van der Waals surface area contributed by atoms with Crippen LogP contribution >= 0.6 is 0 Å². The Morgan fingerprint density at radius 1 is 0.905 bits per heavy atom. The highest BCUT2D eigenvalue weighted by atomic mass is 14.9. The second-order valence-corrected chi connectivity index (χ2v) is 8.23. The monoisotopic (exact) mass is 283 g/mol. The Bertz CT molecular complexity index is 459. The predicted molar refractivity (Wildman–Crippen MR) is 88.2 cm³/mol. The molecule has 5 rings (SSSR count). The van der Waals surface area contributed by atoms with Crippen molar-refractivity contribution in [2.24, 2.45) is 23.7 Å². The van der Waals surface area contributed by atoms with Crippen LogP contribution in [0.3, 0.4) is 0 Å². The van der Waals surface area contributed by atoms with Crippen LogP contribution in [0.5, 0.6) is 0 Å². The van der Waals surface area contributed by atoms with Crippen molar-refractivity contribution >= 4 is 0 Å². The first-order valence-corrected chi connectivity index (χ1v) is 9.01. The largest absolute Gasteiger partial charge is 0.309 e. The van der Waals surface area contributed by atoms with Crippen molar-refractivity contribution in [3.8, 4) is 0 Å². The van der Waals surface area contributed by atoms with Gasteiger partial charge in [-0.05, 0) is 72.8 Å². The van der Waals surface area contributed by atoms with Crippen molar-refractivity contribution < 1.29 is 0 Å². The average molecular weight is 283 g/mol.